The smallest absolute Gasteiger partial charge is 0.254 e. The highest BCUT2D eigenvalue weighted by Gasteiger charge is 2.22. The van der Waals surface area contributed by atoms with Crippen LogP contribution >= 0.6 is 0 Å². The number of hydrogen-bond acceptors (Lipinski definition) is 3. The summed E-state index contributed by atoms with van der Waals surface area (Å²) in [7, 11) is 0. The number of ether oxygens (including phenoxy) is 1. The van der Waals surface area contributed by atoms with Crippen LogP contribution in [-0.4, -0.2) is 55.0 Å². The number of nitrogens with zero attached hydrogens (tertiary/aromatic N) is 2. The zero-order valence-electron chi connectivity index (χ0n) is 13.5. The molecular formula is C19H21FN2O2. The van der Waals surface area contributed by atoms with E-state index in [1.807, 2.05) is 30.3 Å². The van der Waals surface area contributed by atoms with Crippen molar-refractivity contribution in [1.82, 2.24) is 9.80 Å². The summed E-state index contributed by atoms with van der Waals surface area (Å²) in [6.45, 7) is 4.37. The molecule has 24 heavy (non-hydrogen) atoms. The van der Waals surface area contributed by atoms with E-state index < -0.39 is 0 Å². The maximum atomic E-state index is 13.2. The largest absolute Gasteiger partial charge is 0.492 e. The summed E-state index contributed by atoms with van der Waals surface area (Å²) >= 11 is 0. The van der Waals surface area contributed by atoms with Crippen LogP contribution < -0.4 is 4.74 Å². The van der Waals surface area contributed by atoms with Crippen LogP contribution in [0.4, 0.5) is 4.39 Å². The predicted octanol–water partition coefficient (Wildman–Crippen LogP) is 2.66. The first-order valence-corrected chi connectivity index (χ1v) is 8.17. The van der Waals surface area contributed by atoms with Gasteiger partial charge in [0.25, 0.3) is 5.91 Å². The van der Waals surface area contributed by atoms with E-state index in [0.717, 1.165) is 25.4 Å². The van der Waals surface area contributed by atoms with Crippen LogP contribution in [0.5, 0.6) is 5.75 Å². The topological polar surface area (TPSA) is 32.8 Å². The highest BCUT2D eigenvalue weighted by atomic mass is 19.1. The number of benzene rings is 2. The number of carbonyl (C=O) groups excluding carboxylic acids is 1. The lowest BCUT2D eigenvalue weighted by molar-refractivity contribution is 0.0620. The van der Waals surface area contributed by atoms with Crippen molar-refractivity contribution in [3.63, 3.8) is 0 Å². The average Bonchev–Trinajstić information content (AvgIpc) is 2.63. The average molecular weight is 328 g/mol. The van der Waals surface area contributed by atoms with E-state index in [9.17, 15) is 9.18 Å². The van der Waals surface area contributed by atoms with Gasteiger partial charge in [-0.15, -0.1) is 0 Å². The van der Waals surface area contributed by atoms with E-state index in [-0.39, 0.29) is 11.7 Å². The first-order chi connectivity index (χ1) is 11.7. The van der Waals surface area contributed by atoms with Gasteiger partial charge in [0.1, 0.15) is 18.2 Å². The molecule has 1 aliphatic heterocycles. The van der Waals surface area contributed by atoms with Gasteiger partial charge in [0.2, 0.25) is 0 Å². The van der Waals surface area contributed by atoms with Crippen molar-refractivity contribution < 1.29 is 13.9 Å². The number of hydrogen-bond donors (Lipinski definition) is 0. The van der Waals surface area contributed by atoms with Gasteiger partial charge < -0.3 is 9.64 Å². The molecule has 0 spiro atoms. The van der Waals surface area contributed by atoms with Gasteiger partial charge in [-0.1, -0.05) is 24.3 Å². The van der Waals surface area contributed by atoms with Gasteiger partial charge in [0.15, 0.2) is 0 Å². The highest BCUT2D eigenvalue weighted by molar-refractivity contribution is 5.94. The molecule has 0 radical (unpaired) electrons. The third-order valence-electron chi connectivity index (χ3n) is 4.15. The first-order valence-electron chi connectivity index (χ1n) is 8.17. The van der Waals surface area contributed by atoms with Gasteiger partial charge in [-0.3, -0.25) is 9.69 Å². The summed E-state index contributed by atoms with van der Waals surface area (Å²) in [6, 6.07) is 15.6. The van der Waals surface area contributed by atoms with Crippen molar-refractivity contribution >= 4 is 5.91 Å². The van der Waals surface area contributed by atoms with Crippen LogP contribution in [0, 0.1) is 5.82 Å². The molecule has 0 N–H and O–H groups in total. The highest BCUT2D eigenvalue weighted by Crippen LogP contribution is 2.11. The fourth-order valence-corrected chi connectivity index (χ4v) is 2.79. The summed E-state index contributed by atoms with van der Waals surface area (Å²) in [4.78, 5) is 16.4. The Morgan fingerprint density at radius 2 is 1.75 bits per heavy atom. The van der Waals surface area contributed by atoms with E-state index in [1.165, 1.54) is 12.1 Å². The molecule has 0 saturated carbocycles. The molecule has 0 unspecified atom stereocenters. The lowest BCUT2D eigenvalue weighted by atomic mass is 10.1. The Morgan fingerprint density at radius 1 is 1.00 bits per heavy atom. The second-order valence-corrected chi connectivity index (χ2v) is 5.81. The summed E-state index contributed by atoms with van der Waals surface area (Å²) in [5, 5.41) is 0. The van der Waals surface area contributed by atoms with Crippen LogP contribution in [-0.2, 0) is 0 Å². The van der Waals surface area contributed by atoms with Crippen molar-refractivity contribution in [2.24, 2.45) is 0 Å². The Hall–Kier alpha value is -2.40. The van der Waals surface area contributed by atoms with E-state index in [1.54, 1.807) is 17.0 Å². The Morgan fingerprint density at radius 3 is 2.46 bits per heavy atom. The predicted molar refractivity (Wildman–Crippen MR) is 90.7 cm³/mol. The fourth-order valence-electron chi connectivity index (χ4n) is 2.79. The molecule has 1 fully saturated rings. The SMILES string of the molecule is O=C(c1cccc(F)c1)N1CCN(CCOc2ccccc2)CC1. The monoisotopic (exact) mass is 328 g/mol. The van der Waals surface area contributed by atoms with E-state index in [2.05, 4.69) is 4.90 Å². The molecule has 3 rings (SSSR count). The van der Waals surface area contributed by atoms with Crippen LogP contribution in [0.3, 0.4) is 0 Å². The van der Waals surface area contributed by atoms with Crippen molar-refractivity contribution in [3.05, 3.63) is 66.0 Å². The maximum absolute atomic E-state index is 13.2. The van der Waals surface area contributed by atoms with Gasteiger partial charge >= 0.3 is 0 Å². The minimum Gasteiger partial charge on any atom is -0.492 e. The number of carbonyl (C=O) groups is 1. The Kier molecular flexibility index (Phi) is 5.43. The molecule has 0 aliphatic carbocycles. The minimum atomic E-state index is -0.377. The third-order valence-corrected chi connectivity index (χ3v) is 4.15. The number of amides is 1. The fraction of sp³-hybridized carbons (Fsp3) is 0.316. The van der Waals surface area contributed by atoms with E-state index in [4.69, 9.17) is 4.74 Å². The zero-order valence-corrected chi connectivity index (χ0v) is 13.5. The van der Waals surface area contributed by atoms with Crippen LogP contribution in [0.25, 0.3) is 0 Å². The van der Waals surface area contributed by atoms with Crippen molar-refractivity contribution in [3.8, 4) is 5.75 Å². The zero-order chi connectivity index (χ0) is 16.8. The summed E-state index contributed by atoms with van der Waals surface area (Å²) in [5.41, 5.74) is 0.413. The molecule has 0 atom stereocenters. The lowest BCUT2D eigenvalue weighted by Crippen LogP contribution is -2.49. The first kappa shape index (κ1) is 16.5. The number of para-hydroxylation sites is 1. The lowest BCUT2D eigenvalue weighted by Gasteiger charge is -2.34. The van der Waals surface area contributed by atoms with Gasteiger partial charge in [-0.05, 0) is 30.3 Å². The second-order valence-electron chi connectivity index (χ2n) is 5.81. The second kappa shape index (κ2) is 7.93. The standard InChI is InChI=1S/C19H21FN2O2/c20-17-6-4-5-16(15-17)19(23)22-11-9-21(10-12-22)13-14-24-18-7-2-1-3-8-18/h1-8,15H,9-14H2. The number of piperazine rings is 1. The van der Waals surface area contributed by atoms with E-state index in [0.29, 0.717) is 25.3 Å². The van der Waals surface area contributed by atoms with Gasteiger partial charge in [0, 0.05) is 38.3 Å². The van der Waals surface area contributed by atoms with Crippen molar-refractivity contribution in [1.29, 1.82) is 0 Å². The Bertz CT molecular complexity index is 670. The quantitative estimate of drug-likeness (QED) is 0.846. The molecule has 2 aromatic rings. The minimum absolute atomic E-state index is 0.102. The molecule has 2 aromatic carbocycles. The van der Waals surface area contributed by atoms with Crippen LogP contribution in [0.1, 0.15) is 10.4 Å². The van der Waals surface area contributed by atoms with Gasteiger partial charge in [-0.25, -0.2) is 4.39 Å². The Balaban J connectivity index is 1.43. The number of rotatable bonds is 5. The molecule has 0 aromatic heterocycles. The summed E-state index contributed by atoms with van der Waals surface area (Å²) in [6.07, 6.45) is 0. The van der Waals surface area contributed by atoms with E-state index >= 15 is 0 Å². The molecule has 1 amide bonds. The molecule has 1 aliphatic rings. The summed E-state index contributed by atoms with van der Waals surface area (Å²) in [5.74, 6) is 0.393. The Labute approximate surface area is 141 Å². The maximum Gasteiger partial charge on any atom is 0.254 e. The molecule has 0 bridgehead atoms. The summed E-state index contributed by atoms with van der Waals surface area (Å²) < 4.78 is 18.9. The molecule has 126 valence electrons. The van der Waals surface area contributed by atoms with Crippen molar-refractivity contribution in [2.45, 2.75) is 0 Å². The molecule has 1 heterocycles. The van der Waals surface area contributed by atoms with Gasteiger partial charge in [0.05, 0.1) is 0 Å². The molecule has 4 nitrogen and oxygen atoms in total. The molecule has 1 saturated heterocycles. The van der Waals surface area contributed by atoms with Gasteiger partial charge in [-0.2, -0.15) is 0 Å². The van der Waals surface area contributed by atoms with Crippen molar-refractivity contribution in [2.75, 3.05) is 39.3 Å². The normalized spacial score (nSPS) is 15.3. The number of halogens is 1. The molecular weight excluding hydrogens is 307 g/mol. The third kappa shape index (κ3) is 4.32. The van der Waals surface area contributed by atoms with Crippen LogP contribution in [0.15, 0.2) is 54.6 Å². The van der Waals surface area contributed by atoms with Crippen LogP contribution in [0.2, 0.25) is 0 Å². The molecule has 5 heteroatoms.